The van der Waals surface area contributed by atoms with Crippen molar-refractivity contribution in [2.45, 2.75) is 39.7 Å². The van der Waals surface area contributed by atoms with Crippen molar-refractivity contribution in [2.24, 2.45) is 12.8 Å². The van der Waals surface area contributed by atoms with Gasteiger partial charge in [0.15, 0.2) is 0 Å². The average molecular weight is 335 g/mol. The van der Waals surface area contributed by atoms with Crippen LogP contribution in [0.2, 0.25) is 0 Å². The van der Waals surface area contributed by atoms with Gasteiger partial charge in [-0.05, 0) is 19.9 Å². The maximum absolute atomic E-state index is 12.3. The molecule has 6 nitrogen and oxygen atoms in total. The fourth-order valence-corrected chi connectivity index (χ4v) is 3.28. The summed E-state index contributed by atoms with van der Waals surface area (Å²) in [6.07, 6.45) is 1.11. The van der Waals surface area contributed by atoms with Gasteiger partial charge < -0.3 is 15.0 Å². The molecule has 0 unspecified atom stereocenters. The summed E-state index contributed by atoms with van der Waals surface area (Å²) in [7, 11) is 1.67. The predicted octanol–water partition coefficient (Wildman–Crippen LogP) is 2.93. The fourth-order valence-electron chi connectivity index (χ4n) is 2.23. The van der Waals surface area contributed by atoms with E-state index >= 15 is 0 Å². The zero-order valence-corrected chi connectivity index (χ0v) is 14.7. The van der Waals surface area contributed by atoms with Crippen LogP contribution in [-0.2, 0) is 11.8 Å². The molecule has 1 atom stereocenters. The van der Waals surface area contributed by atoms with Crippen LogP contribution in [0.1, 0.15) is 69.2 Å². The maximum Gasteiger partial charge on any atom is 0.355 e. The van der Waals surface area contributed by atoms with Gasteiger partial charge in [-0.25, -0.2) is 9.78 Å². The Bertz CT molecular complexity index is 746. The summed E-state index contributed by atoms with van der Waals surface area (Å²) in [6.45, 7) is 7.89. The first kappa shape index (κ1) is 17.2. The highest BCUT2D eigenvalue weighted by Crippen LogP contribution is 2.31. The quantitative estimate of drug-likeness (QED) is 0.851. The third kappa shape index (κ3) is 3.61. The minimum absolute atomic E-state index is 0.281. The Morgan fingerprint density at radius 3 is 2.48 bits per heavy atom. The molecular weight excluding hydrogens is 314 g/mol. The number of aryl methyl sites for hydroxylation is 2. The Labute approximate surface area is 139 Å². The number of hydrogen-bond donors (Lipinski definition) is 1. The van der Waals surface area contributed by atoms with Crippen LogP contribution in [0.15, 0.2) is 12.3 Å². The average Bonchev–Trinajstić information content (AvgIpc) is 3.02. The van der Waals surface area contributed by atoms with Gasteiger partial charge in [0.1, 0.15) is 11.8 Å². The number of esters is 1. The molecule has 0 aromatic carbocycles. The molecule has 23 heavy (non-hydrogen) atoms. The number of aromatic nitrogens is 2. The lowest BCUT2D eigenvalue weighted by atomic mass is 10.2. The zero-order valence-electron chi connectivity index (χ0n) is 13.9. The molecule has 2 heterocycles. The van der Waals surface area contributed by atoms with Gasteiger partial charge in [0.05, 0.1) is 21.1 Å². The molecule has 0 fully saturated rings. The zero-order chi connectivity index (χ0) is 17.3. The second kappa shape index (κ2) is 6.54. The predicted molar refractivity (Wildman–Crippen MR) is 88.7 cm³/mol. The van der Waals surface area contributed by atoms with Crippen LogP contribution in [0.4, 0.5) is 0 Å². The monoisotopic (exact) mass is 335 g/mol. The number of nitrogens with zero attached hydrogens (tertiary/aromatic N) is 2. The Morgan fingerprint density at radius 2 is 2.00 bits per heavy atom. The molecule has 0 aliphatic rings. The molecule has 0 aliphatic carbocycles. The van der Waals surface area contributed by atoms with Crippen molar-refractivity contribution in [3.8, 4) is 0 Å². The molecule has 0 saturated carbocycles. The van der Waals surface area contributed by atoms with Gasteiger partial charge in [0, 0.05) is 19.2 Å². The van der Waals surface area contributed by atoms with Crippen LogP contribution in [0.25, 0.3) is 0 Å². The van der Waals surface area contributed by atoms with Crippen molar-refractivity contribution < 1.29 is 14.3 Å². The molecule has 1 amide bonds. The summed E-state index contributed by atoms with van der Waals surface area (Å²) in [5.74, 6) is -0.736. The number of nitrogens with two attached hydrogens (primary N) is 1. The minimum atomic E-state index is -0.576. The normalized spacial score (nSPS) is 12.4. The first-order valence-corrected chi connectivity index (χ1v) is 8.16. The number of rotatable bonds is 5. The number of hydrogen-bond acceptors (Lipinski definition) is 5. The SMILES string of the molecule is Cc1nc(C(C)C)sc1[C@H](C)OC(=O)c1cc(C(N)=O)cn1C. The second-order valence-corrected chi connectivity index (χ2v) is 6.86. The lowest BCUT2D eigenvalue weighted by molar-refractivity contribution is 0.0332. The van der Waals surface area contributed by atoms with Crippen molar-refractivity contribution in [3.05, 3.63) is 39.1 Å². The van der Waals surface area contributed by atoms with Gasteiger partial charge in [-0.1, -0.05) is 13.8 Å². The van der Waals surface area contributed by atoms with Gasteiger partial charge in [-0.15, -0.1) is 11.3 Å². The minimum Gasteiger partial charge on any atom is -0.452 e. The fraction of sp³-hybridized carbons (Fsp3) is 0.438. The van der Waals surface area contributed by atoms with Crippen LogP contribution in [-0.4, -0.2) is 21.4 Å². The molecule has 0 bridgehead atoms. The van der Waals surface area contributed by atoms with E-state index in [9.17, 15) is 9.59 Å². The first-order valence-electron chi connectivity index (χ1n) is 7.35. The van der Waals surface area contributed by atoms with Gasteiger partial charge in [0.25, 0.3) is 0 Å². The number of primary amides is 1. The molecule has 0 spiro atoms. The van der Waals surface area contributed by atoms with Gasteiger partial charge in [0.2, 0.25) is 5.91 Å². The van der Waals surface area contributed by atoms with E-state index in [2.05, 4.69) is 18.8 Å². The summed E-state index contributed by atoms with van der Waals surface area (Å²) < 4.78 is 7.06. The summed E-state index contributed by atoms with van der Waals surface area (Å²) >= 11 is 1.56. The van der Waals surface area contributed by atoms with E-state index in [1.165, 1.54) is 16.8 Å². The van der Waals surface area contributed by atoms with Crippen molar-refractivity contribution in [1.82, 2.24) is 9.55 Å². The molecular formula is C16H21N3O3S. The molecule has 0 radical (unpaired) electrons. The highest BCUT2D eigenvalue weighted by molar-refractivity contribution is 7.11. The maximum atomic E-state index is 12.3. The summed E-state index contributed by atoms with van der Waals surface area (Å²) in [6, 6.07) is 1.44. The second-order valence-electron chi connectivity index (χ2n) is 5.79. The Hall–Kier alpha value is -2.15. The highest BCUT2D eigenvalue weighted by Gasteiger charge is 2.22. The van der Waals surface area contributed by atoms with Gasteiger partial charge in [-0.2, -0.15) is 0 Å². The van der Waals surface area contributed by atoms with Crippen LogP contribution in [0, 0.1) is 6.92 Å². The van der Waals surface area contributed by atoms with Crippen LogP contribution in [0.3, 0.4) is 0 Å². The number of carbonyl (C=O) groups is 2. The molecule has 2 aromatic rings. The number of thiazole rings is 1. The molecule has 124 valence electrons. The standard InChI is InChI=1S/C16H21N3O3S/c1-8(2)15-18-9(3)13(23-15)10(4)22-16(21)12-6-11(14(17)20)7-19(12)5/h6-8,10H,1-5H3,(H2,17,20)/t10-/m0/s1. The van der Waals surface area contributed by atoms with Crippen LogP contribution >= 0.6 is 11.3 Å². The summed E-state index contributed by atoms with van der Waals surface area (Å²) in [4.78, 5) is 29.0. The topological polar surface area (TPSA) is 87.2 Å². The molecule has 0 aliphatic heterocycles. The van der Waals surface area contributed by atoms with Crippen molar-refractivity contribution in [3.63, 3.8) is 0 Å². The van der Waals surface area contributed by atoms with E-state index in [0.29, 0.717) is 5.92 Å². The van der Waals surface area contributed by atoms with E-state index in [0.717, 1.165) is 15.6 Å². The van der Waals surface area contributed by atoms with Gasteiger partial charge >= 0.3 is 5.97 Å². The Kier molecular flexibility index (Phi) is 4.89. The number of ether oxygens (including phenoxy) is 1. The molecule has 0 saturated heterocycles. The Balaban J connectivity index is 2.18. The largest absolute Gasteiger partial charge is 0.452 e. The van der Waals surface area contributed by atoms with Gasteiger partial charge in [-0.3, -0.25) is 4.79 Å². The lowest BCUT2D eigenvalue weighted by Crippen LogP contribution is -2.12. The number of amides is 1. The van der Waals surface area contributed by atoms with Crippen molar-refractivity contribution in [1.29, 1.82) is 0 Å². The Morgan fingerprint density at radius 1 is 1.35 bits per heavy atom. The lowest BCUT2D eigenvalue weighted by Gasteiger charge is -2.12. The molecule has 2 N–H and O–H groups in total. The number of carbonyl (C=O) groups excluding carboxylic acids is 2. The first-order chi connectivity index (χ1) is 10.7. The van der Waals surface area contributed by atoms with Crippen molar-refractivity contribution in [2.75, 3.05) is 0 Å². The smallest absolute Gasteiger partial charge is 0.355 e. The third-order valence-corrected chi connectivity index (χ3v) is 5.11. The van der Waals surface area contributed by atoms with E-state index < -0.39 is 18.0 Å². The van der Waals surface area contributed by atoms with E-state index in [1.807, 2.05) is 13.8 Å². The van der Waals surface area contributed by atoms with Crippen LogP contribution in [0.5, 0.6) is 0 Å². The van der Waals surface area contributed by atoms with E-state index in [1.54, 1.807) is 18.4 Å². The van der Waals surface area contributed by atoms with E-state index in [-0.39, 0.29) is 11.3 Å². The third-order valence-electron chi connectivity index (χ3n) is 3.49. The highest BCUT2D eigenvalue weighted by atomic mass is 32.1. The molecule has 2 aromatic heterocycles. The van der Waals surface area contributed by atoms with Crippen molar-refractivity contribution >= 4 is 23.2 Å². The summed E-state index contributed by atoms with van der Waals surface area (Å²) in [5, 5.41) is 1.02. The molecule has 2 rings (SSSR count). The molecule has 7 heteroatoms. The van der Waals surface area contributed by atoms with Crippen LogP contribution < -0.4 is 5.73 Å². The summed E-state index contributed by atoms with van der Waals surface area (Å²) in [5.41, 5.74) is 6.68. The van der Waals surface area contributed by atoms with E-state index in [4.69, 9.17) is 10.5 Å².